The number of rotatable bonds is 3. The molecule has 0 aromatic heterocycles. The largest absolute Gasteiger partial charge is 0.508 e. The van der Waals surface area contributed by atoms with Gasteiger partial charge in [0.1, 0.15) is 5.75 Å². The van der Waals surface area contributed by atoms with Crippen LogP contribution in [0.15, 0.2) is 54.6 Å². The van der Waals surface area contributed by atoms with Crippen molar-refractivity contribution in [2.24, 2.45) is 0 Å². The van der Waals surface area contributed by atoms with Crippen LogP contribution < -0.4 is 5.32 Å². The molecule has 19 heavy (non-hydrogen) atoms. The minimum atomic E-state index is -0.200. The maximum absolute atomic E-state index is 11.7. The maximum Gasteiger partial charge on any atom is 0.248 e. The molecule has 1 amide bonds. The first kappa shape index (κ1) is 12.9. The highest BCUT2D eigenvalue weighted by atomic mass is 16.3. The zero-order valence-electron chi connectivity index (χ0n) is 10.6. The van der Waals surface area contributed by atoms with Crippen LogP contribution in [-0.4, -0.2) is 11.0 Å². The molecule has 0 spiro atoms. The Bertz CT molecular complexity index is 603. The highest BCUT2D eigenvalue weighted by Gasteiger charge is 2.00. The van der Waals surface area contributed by atoms with Crippen molar-refractivity contribution in [3.8, 4) is 5.75 Å². The fourth-order valence-electron chi connectivity index (χ4n) is 1.65. The molecule has 2 rings (SSSR count). The SMILES string of the molecule is Cc1cc(NC(=O)C=Cc2ccccc2)ccc1O. The number of carbonyl (C=O) groups is 1. The number of aryl methyl sites for hydroxylation is 1. The van der Waals surface area contributed by atoms with Crippen molar-refractivity contribution in [1.29, 1.82) is 0 Å². The average Bonchev–Trinajstić information content (AvgIpc) is 2.42. The van der Waals surface area contributed by atoms with Gasteiger partial charge in [-0.15, -0.1) is 0 Å². The fraction of sp³-hybridized carbons (Fsp3) is 0.0625. The first-order valence-electron chi connectivity index (χ1n) is 5.99. The van der Waals surface area contributed by atoms with Crippen molar-refractivity contribution >= 4 is 17.7 Å². The maximum atomic E-state index is 11.7. The van der Waals surface area contributed by atoms with Crippen LogP contribution in [0.5, 0.6) is 5.75 Å². The second-order valence-electron chi connectivity index (χ2n) is 4.23. The molecule has 0 atom stereocenters. The highest BCUT2D eigenvalue weighted by Crippen LogP contribution is 2.20. The fourth-order valence-corrected chi connectivity index (χ4v) is 1.65. The Kier molecular flexibility index (Phi) is 3.98. The zero-order valence-corrected chi connectivity index (χ0v) is 10.6. The third kappa shape index (κ3) is 3.71. The van der Waals surface area contributed by atoms with Crippen molar-refractivity contribution in [3.63, 3.8) is 0 Å². The van der Waals surface area contributed by atoms with E-state index in [9.17, 15) is 9.90 Å². The molecule has 2 N–H and O–H groups in total. The summed E-state index contributed by atoms with van der Waals surface area (Å²) in [5.74, 6) is 0.0202. The van der Waals surface area contributed by atoms with Crippen LogP contribution in [0.4, 0.5) is 5.69 Å². The van der Waals surface area contributed by atoms with E-state index in [-0.39, 0.29) is 11.7 Å². The molecule has 96 valence electrons. The summed E-state index contributed by atoms with van der Waals surface area (Å²) in [7, 11) is 0. The summed E-state index contributed by atoms with van der Waals surface area (Å²) in [6.45, 7) is 1.78. The number of anilines is 1. The Hall–Kier alpha value is -2.55. The van der Waals surface area contributed by atoms with Gasteiger partial charge in [-0.2, -0.15) is 0 Å². The summed E-state index contributed by atoms with van der Waals surface area (Å²) in [4.78, 5) is 11.7. The smallest absolute Gasteiger partial charge is 0.248 e. The first-order valence-corrected chi connectivity index (χ1v) is 5.99. The Morgan fingerprint density at radius 1 is 1.16 bits per heavy atom. The molecule has 0 aliphatic rings. The van der Waals surface area contributed by atoms with Crippen molar-refractivity contribution in [3.05, 3.63) is 65.7 Å². The van der Waals surface area contributed by atoms with E-state index in [0.29, 0.717) is 5.69 Å². The van der Waals surface area contributed by atoms with E-state index in [2.05, 4.69) is 5.32 Å². The third-order valence-corrected chi connectivity index (χ3v) is 2.69. The summed E-state index contributed by atoms with van der Waals surface area (Å²) in [5, 5.41) is 12.1. The molecule has 3 nitrogen and oxygen atoms in total. The first-order chi connectivity index (χ1) is 9.15. The van der Waals surface area contributed by atoms with Crippen molar-refractivity contribution in [2.45, 2.75) is 6.92 Å². The molecule has 0 heterocycles. The summed E-state index contributed by atoms with van der Waals surface area (Å²) in [6, 6.07) is 14.6. The zero-order chi connectivity index (χ0) is 13.7. The van der Waals surface area contributed by atoms with Gasteiger partial charge in [0.2, 0.25) is 5.91 Å². The number of aromatic hydroxyl groups is 1. The van der Waals surface area contributed by atoms with Gasteiger partial charge >= 0.3 is 0 Å². The summed E-state index contributed by atoms with van der Waals surface area (Å²) < 4.78 is 0. The third-order valence-electron chi connectivity index (χ3n) is 2.69. The quantitative estimate of drug-likeness (QED) is 0.651. The van der Waals surface area contributed by atoms with Crippen molar-refractivity contribution < 1.29 is 9.90 Å². The van der Waals surface area contributed by atoms with Crippen LogP contribution in [0.3, 0.4) is 0 Å². The van der Waals surface area contributed by atoms with Gasteiger partial charge in [0.25, 0.3) is 0 Å². The van der Waals surface area contributed by atoms with E-state index in [0.717, 1.165) is 11.1 Å². The molecule has 0 aliphatic heterocycles. The Morgan fingerprint density at radius 2 is 1.89 bits per heavy atom. The number of hydrogen-bond acceptors (Lipinski definition) is 2. The minimum absolute atomic E-state index is 0.200. The lowest BCUT2D eigenvalue weighted by Gasteiger charge is -2.04. The lowest BCUT2D eigenvalue weighted by Crippen LogP contribution is -2.07. The minimum Gasteiger partial charge on any atom is -0.508 e. The van der Waals surface area contributed by atoms with E-state index in [1.165, 1.54) is 6.08 Å². The van der Waals surface area contributed by atoms with Gasteiger partial charge in [-0.25, -0.2) is 0 Å². The number of amides is 1. The standard InChI is InChI=1S/C16H15NO2/c1-12-11-14(8-9-15(12)18)17-16(19)10-7-13-5-3-2-4-6-13/h2-11,18H,1H3,(H,17,19). The number of carbonyl (C=O) groups excluding carboxylic acids is 1. The molecule has 3 heteroatoms. The summed E-state index contributed by atoms with van der Waals surface area (Å²) in [5.41, 5.74) is 2.36. The van der Waals surface area contributed by atoms with Crippen LogP contribution in [0.25, 0.3) is 6.08 Å². The van der Waals surface area contributed by atoms with Gasteiger partial charge in [0.05, 0.1) is 0 Å². The van der Waals surface area contributed by atoms with Crippen LogP contribution in [0.1, 0.15) is 11.1 Å². The van der Waals surface area contributed by atoms with E-state index < -0.39 is 0 Å². The van der Waals surface area contributed by atoms with Crippen LogP contribution in [-0.2, 0) is 4.79 Å². The van der Waals surface area contributed by atoms with Gasteiger partial charge in [0, 0.05) is 11.8 Å². The van der Waals surface area contributed by atoms with Crippen LogP contribution in [0, 0.1) is 6.92 Å². The molecule has 2 aromatic rings. The Balaban J connectivity index is 2.01. The van der Waals surface area contributed by atoms with E-state index >= 15 is 0 Å². The molecular formula is C16H15NO2. The number of phenolic OH excluding ortho intramolecular Hbond substituents is 1. The molecule has 0 radical (unpaired) electrons. The van der Waals surface area contributed by atoms with Gasteiger partial charge in [-0.1, -0.05) is 30.3 Å². The Labute approximate surface area is 112 Å². The number of nitrogens with one attached hydrogen (secondary N) is 1. The van der Waals surface area contributed by atoms with E-state index in [1.54, 1.807) is 31.2 Å². The number of phenols is 1. The second-order valence-corrected chi connectivity index (χ2v) is 4.23. The van der Waals surface area contributed by atoms with Crippen LogP contribution >= 0.6 is 0 Å². The summed E-state index contributed by atoms with van der Waals surface area (Å²) in [6.07, 6.45) is 3.24. The van der Waals surface area contributed by atoms with Crippen LogP contribution in [0.2, 0.25) is 0 Å². The van der Waals surface area contributed by atoms with Gasteiger partial charge in [-0.3, -0.25) is 4.79 Å². The molecule has 0 aliphatic carbocycles. The van der Waals surface area contributed by atoms with Gasteiger partial charge in [-0.05, 0) is 42.3 Å². The lowest BCUT2D eigenvalue weighted by atomic mass is 10.2. The normalized spacial score (nSPS) is 10.6. The highest BCUT2D eigenvalue weighted by molar-refractivity contribution is 6.02. The molecule has 0 bridgehead atoms. The lowest BCUT2D eigenvalue weighted by molar-refractivity contribution is -0.111. The van der Waals surface area contributed by atoms with Gasteiger partial charge in [0.15, 0.2) is 0 Å². The monoisotopic (exact) mass is 253 g/mol. The molecule has 0 saturated carbocycles. The predicted molar refractivity (Wildman–Crippen MR) is 76.9 cm³/mol. The van der Waals surface area contributed by atoms with E-state index in [1.807, 2.05) is 30.3 Å². The number of hydrogen-bond donors (Lipinski definition) is 2. The predicted octanol–water partition coefficient (Wildman–Crippen LogP) is 3.35. The summed E-state index contributed by atoms with van der Waals surface area (Å²) >= 11 is 0. The second kappa shape index (κ2) is 5.87. The van der Waals surface area contributed by atoms with Crippen molar-refractivity contribution in [1.82, 2.24) is 0 Å². The molecule has 0 unspecified atom stereocenters. The molecular weight excluding hydrogens is 238 g/mol. The van der Waals surface area contributed by atoms with Gasteiger partial charge < -0.3 is 10.4 Å². The average molecular weight is 253 g/mol. The molecule has 0 saturated heterocycles. The van der Waals surface area contributed by atoms with Crippen molar-refractivity contribution in [2.75, 3.05) is 5.32 Å². The molecule has 0 fully saturated rings. The Morgan fingerprint density at radius 3 is 2.58 bits per heavy atom. The number of benzene rings is 2. The molecule has 2 aromatic carbocycles. The topological polar surface area (TPSA) is 49.3 Å². The van der Waals surface area contributed by atoms with E-state index in [4.69, 9.17) is 0 Å².